The lowest BCUT2D eigenvalue weighted by molar-refractivity contribution is -0.141. The normalized spacial score (nSPS) is 24.3. The number of aromatic nitrogens is 2. The van der Waals surface area contributed by atoms with Crippen LogP contribution in [0.25, 0.3) is 22.1 Å². The maximum atomic E-state index is 11.1. The molecule has 7 nitrogen and oxygen atoms in total. The summed E-state index contributed by atoms with van der Waals surface area (Å²) in [4.78, 5) is 19.6. The monoisotopic (exact) mass is 313 g/mol. The molecule has 0 bridgehead atoms. The number of furan rings is 1. The van der Waals surface area contributed by atoms with Crippen LogP contribution in [0, 0.1) is 5.92 Å². The first kappa shape index (κ1) is 14.0. The number of fused-ring (bicyclic) bond motifs is 3. The first-order chi connectivity index (χ1) is 11.1. The number of rotatable bonds is 3. The molecule has 4 rings (SSSR count). The number of benzene rings is 1. The number of anilines is 1. The van der Waals surface area contributed by atoms with Crippen LogP contribution in [0.3, 0.4) is 0 Å². The maximum absolute atomic E-state index is 11.1. The van der Waals surface area contributed by atoms with Crippen molar-refractivity contribution in [2.45, 2.75) is 25.0 Å². The van der Waals surface area contributed by atoms with Gasteiger partial charge in [0.05, 0.1) is 18.1 Å². The van der Waals surface area contributed by atoms with Crippen molar-refractivity contribution < 1.29 is 19.4 Å². The minimum absolute atomic E-state index is 0.237. The molecule has 1 fully saturated rings. The van der Waals surface area contributed by atoms with E-state index >= 15 is 0 Å². The van der Waals surface area contributed by atoms with E-state index in [1.807, 2.05) is 24.3 Å². The summed E-state index contributed by atoms with van der Waals surface area (Å²) in [6, 6.07) is 7.19. The van der Waals surface area contributed by atoms with Crippen LogP contribution >= 0.6 is 0 Å². The second-order valence-electron chi connectivity index (χ2n) is 5.82. The summed E-state index contributed by atoms with van der Waals surface area (Å²) in [6.45, 7) is 0. The highest BCUT2D eigenvalue weighted by atomic mass is 16.4. The van der Waals surface area contributed by atoms with E-state index in [0.717, 1.165) is 5.39 Å². The zero-order chi connectivity index (χ0) is 16.0. The number of nitrogens with zero attached hydrogens (tertiary/aromatic N) is 2. The Morgan fingerprint density at radius 3 is 2.87 bits per heavy atom. The molecule has 3 aromatic rings. The molecule has 1 aromatic carbocycles. The second-order valence-corrected chi connectivity index (χ2v) is 5.82. The molecule has 0 amide bonds. The minimum atomic E-state index is -0.884. The van der Waals surface area contributed by atoms with Crippen molar-refractivity contribution >= 4 is 33.9 Å². The molecule has 0 saturated heterocycles. The Balaban J connectivity index is 1.71. The molecule has 3 unspecified atom stereocenters. The molecule has 23 heavy (non-hydrogen) atoms. The van der Waals surface area contributed by atoms with E-state index in [1.165, 1.54) is 6.33 Å². The van der Waals surface area contributed by atoms with Gasteiger partial charge in [0, 0.05) is 5.39 Å². The molecule has 2 heterocycles. The highest BCUT2D eigenvalue weighted by Crippen LogP contribution is 2.33. The third kappa shape index (κ3) is 2.29. The van der Waals surface area contributed by atoms with Gasteiger partial charge in [-0.15, -0.1) is 0 Å². The van der Waals surface area contributed by atoms with Crippen LogP contribution in [-0.4, -0.2) is 38.3 Å². The highest BCUT2D eigenvalue weighted by molar-refractivity contribution is 6.05. The minimum Gasteiger partial charge on any atom is -0.481 e. The van der Waals surface area contributed by atoms with Gasteiger partial charge in [-0.3, -0.25) is 4.79 Å². The van der Waals surface area contributed by atoms with Crippen LogP contribution in [-0.2, 0) is 4.79 Å². The number of carboxylic acid groups (broad SMARTS) is 1. The van der Waals surface area contributed by atoms with Crippen molar-refractivity contribution in [1.82, 2.24) is 9.97 Å². The smallest absolute Gasteiger partial charge is 0.306 e. The van der Waals surface area contributed by atoms with E-state index in [2.05, 4.69) is 15.3 Å². The third-order valence-corrected chi connectivity index (χ3v) is 4.36. The Morgan fingerprint density at radius 2 is 2.09 bits per heavy atom. The van der Waals surface area contributed by atoms with Crippen molar-refractivity contribution in [1.29, 1.82) is 0 Å². The largest absolute Gasteiger partial charge is 0.481 e. The number of aliphatic hydroxyl groups excluding tert-OH is 1. The lowest BCUT2D eigenvalue weighted by Gasteiger charge is -2.16. The van der Waals surface area contributed by atoms with Crippen LogP contribution in [0.5, 0.6) is 0 Å². The van der Waals surface area contributed by atoms with Crippen molar-refractivity contribution in [3.8, 4) is 0 Å². The SMILES string of the molecule is O=C(O)C1CC(O)C(Nc2ncnc3c2oc2ccccc23)C1. The number of aliphatic carboxylic acids is 1. The van der Waals surface area contributed by atoms with Gasteiger partial charge in [-0.05, 0) is 25.0 Å². The summed E-state index contributed by atoms with van der Waals surface area (Å²) < 4.78 is 5.82. The van der Waals surface area contributed by atoms with Crippen LogP contribution in [0.15, 0.2) is 35.0 Å². The Labute approximate surface area is 131 Å². The molecule has 118 valence electrons. The fourth-order valence-corrected chi connectivity index (χ4v) is 3.17. The molecule has 1 saturated carbocycles. The highest BCUT2D eigenvalue weighted by Gasteiger charge is 2.37. The fourth-order valence-electron chi connectivity index (χ4n) is 3.17. The molecular formula is C16H15N3O4. The van der Waals surface area contributed by atoms with Crippen molar-refractivity contribution in [2.24, 2.45) is 5.92 Å². The number of carboxylic acids is 1. The molecule has 0 aliphatic heterocycles. The van der Waals surface area contributed by atoms with Crippen LogP contribution in [0.1, 0.15) is 12.8 Å². The maximum Gasteiger partial charge on any atom is 0.306 e. The summed E-state index contributed by atoms with van der Waals surface area (Å²) >= 11 is 0. The predicted molar refractivity (Wildman–Crippen MR) is 83.1 cm³/mol. The van der Waals surface area contributed by atoms with Crippen LogP contribution < -0.4 is 5.32 Å². The second kappa shape index (κ2) is 5.20. The van der Waals surface area contributed by atoms with Gasteiger partial charge in [-0.25, -0.2) is 9.97 Å². The summed E-state index contributed by atoms with van der Waals surface area (Å²) in [5.74, 6) is -0.957. The number of nitrogens with one attached hydrogen (secondary N) is 1. The van der Waals surface area contributed by atoms with Crippen LogP contribution in [0.2, 0.25) is 0 Å². The first-order valence-corrected chi connectivity index (χ1v) is 7.43. The predicted octanol–water partition coefficient (Wildman–Crippen LogP) is 2.01. The third-order valence-electron chi connectivity index (χ3n) is 4.36. The lowest BCUT2D eigenvalue weighted by atomic mass is 10.1. The molecule has 1 aliphatic rings. The first-order valence-electron chi connectivity index (χ1n) is 7.43. The summed E-state index contributed by atoms with van der Waals surface area (Å²) in [5.41, 5.74) is 1.92. The molecule has 0 spiro atoms. The summed E-state index contributed by atoms with van der Waals surface area (Å²) in [5, 5.41) is 23.2. The number of hydrogen-bond donors (Lipinski definition) is 3. The van der Waals surface area contributed by atoms with Gasteiger partial charge in [0.15, 0.2) is 11.4 Å². The Bertz CT molecular complexity index is 891. The van der Waals surface area contributed by atoms with Crippen molar-refractivity contribution in [3.05, 3.63) is 30.6 Å². The van der Waals surface area contributed by atoms with E-state index in [1.54, 1.807) is 0 Å². The average Bonchev–Trinajstić information content (AvgIpc) is 3.09. The fraction of sp³-hybridized carbons (Fsp3) is 0.312. The van der Waals surface area contributed by atoms with Gasteiger partial charge in [0.25, 0.3) is 0 Å². The van der Waals surface area contributed by atoms with Gasteiger partial charge in [0.1, 0.15) is 17.4 Å². The molecule has 3 atom stereocenters. The lowest BCUT2D eigenvalue weighted by Crippen LogP contribution is -2.28. The summed E-state index contributed by atoms with van der Waals surface area (Å²) in [6.07, 6.45) is 1.29. The quantitative estimate of drug-likeness (QED) is 0.678. The molecule has 0 radical (unpaired) electrons. The van der Waals surface area contributed by atoms with E-state index < -0.39 is 18.0 Å². The van der Waals surface area contributed by atoms with Gasteiger partial charge in [-0.1, -0.05) is 12.1 Å². The van der Waals surface area contributed by atoms with E-state index in [4.69, 9.17) is 9.52 Å². The number of carbonyl (C=O) groups is 1. The molecule has 1 aliphatic carbocycles. The molecule has 7 heteroatoms. The Hall–Kier alpha value is -2.67. The average molecular weight is 313 g/mol. The molecule has 3 N–H and O–H groups in total. The van der Waals surface area contributed by atoms with E-state index in [-0.39, 0.29) is 12.5 Å². The number of hydrogen-bond acceptors (Lipinski definition) is 6. The van der Waals surface area contributed by atoms with Gasteiger partial charge in [0.2, 0.25) is 0 Å². The molecular weight excluding hydrogens is 298 g/mol. The van der Waals surface area contributed by atoms with Crippen molar-refractivity contribution in [2.75, 3.05) is 5.32 Å². The standard InChI is InChI=1S/C16H15N3O4/c20-11-6-8(16(21)22)5-10(11)19-15-14-13(17-7-18-15)9-3-1-2-4-12(9)23-14/h1-4,7-8,10-11,20H,5-6H2,(H,21,22)(H,17,18,19). The van der Waals surface area contributed by atoms with Crippen molar-refractivity contribution in [3.63, 3.8) is 0 Å². The summed E-state index contributed by atoms with van der Waals surface area (Å²) in [7, 11) is 0. The number of para-hydroxylation sites is 1. The Kier molecular flexibility index (Phi) is 3.16. The zero-order valence-electron chi connectivity index (χ0n) is 12.1. The number of aliphatic hydroxyl groups is 1. The molecule has 2 aromatic heterocycles. The van der Waals surface area contributed by atoms with Gasteiger partial charge in [-0.2, -0.15) is 0 Å². The van der Waals surface area contributed by atoms with E-state index in [0.29, 0.717) is 28.9 Å². The van der Waals surface area contributed by atoms with Gasteiger partial charge >= 0.3 is 5.97 Å². The van der Waals surface area contributed by atoms with Crippen LogP contribution in [0.4, 0.5) is 5.82 Å². The van der Waals surface area contributed by atoms with E-state index in [9.17, 15) is 9.90 Å². The Morgan fingerprint density at radius 1 is 1.26 bits per heavy atom. The zero-order valence-corrected chi connectivity index (χ0v) is 12.1. The van der Waals surface area contributed by atoms with Gasteiger partial charge < -0.3 is 19.9 Å². The topological polar surface area (TPSA) is 108 Å².